The number of methoxy groups -OCH3 is 1. The molecule has 0 rings (SSSR count). The highest BCUT2D eigenvalue weighted by molar-refractivity contribution is 5.82. The molecule has 1 unspecified atom stereocenters. The molecule has 100 valence electrons. The summed E-state index contributed by atoms with van der Waals surface area (Å²) < 4.78 is 5.04. The number of aliphatic carboxylic acids is 1. The molecule has 0 aromatic heterocycles. The van der Waals surface area contributed by atoms with Crippen LogP contribution < -0.4 is 5.32 Å². The fraction of sp³-hybridized carbons (Fsp3) is 0.833. The van der Waals surface area contributed by atoms with Crippen molar-refractivity contribution < 1.29 is 19.4 Å². The van der Waals surface area contributed by atoms with Crippen LogP contribution in [0.3, 0.4) is 0 Å². The number of carboxylic acids is 1. The Morgan fingerprint density at radius 1 is 1.29 bits per heavy atom. The fourth-order valence-corrected chi connectivity index (χ4v) is 1.81. The molecular formula is C12H23NO4. The van der Waals surface area contributed by atoms with Crippen LogP contribution in [0.1, 0.15) is 46.5 Å². The van der Waals surface area contributed by atoms with Gasteiger partial charge in [0.2, 0.25) is 5.91 Å². The lowest BCUT2D eigenvalue weighted by molar-refractivity contribution is -0.140. The van der Waals surface area contributed by atoms with Crippen molar-refractivity contribution in [1.29, 1.82) is 0 Å². The highest BCUT2D eigenvalue weighted by Crippen LogP contribution is 2.20. The van der Waals surface area contributed by atoms with E-state index in [1.807, 2.05) is 20.8 Å². The average molecular weight is 245 g/mol. The van der Waals surface area contributed by atoms with Gasteiger partial charge in [-0.15, -0.1) is 0 Å². The summed E-state index contributed by atoms with van der Waals surface area (Å²) in [4.78, 5) is 22.7. The maximum atomic E-state index is 11.9. The summed E-state index contributed by atoms with van der Waals surface area (Å²) >= 11 is 0. The largest absolute Gasteiger partial charge is 0.481 e. The zero-order chi connectivity index (χ0) is 13.5. The second-order valence-electron chi connectivity index (χ2n) is 4.18. The molecule has 17 heavy (non-hydrogen) atoms. The number of carbonyl (C=O) groups is 2. The van der Waals surface area contributed by atoms with Gasteiger partial charge in [0.05, 0.1) is 12.0 Å². The molecule has 5 heteroatoms. The highest BCUT2D eigenvalue weighted by Gasteiger charge is 2.32. The van der Waals surface area contributed by atoms with Gasteiger partial charge >= 0.3 is 5.97 Å². The van der Waals surface area contributed by atoms with Crippen LogP contribution in [0, 0.1) is 0 Å². The van der Waals surface area contributed by atoms with E-state index >= 15 is 0 Å². The molecule has 0 heterocycles. The van der Waals surface area contributed by atoms with Gasteiger partial charge in [0.15, 0.2) is 0 Å². The van der Waals surface area contributed by atoms with Crippen molar-refractivity contribution in [3.8, 4) is 0 Å². The quantitative estimate of drug-likeness (QED) is 0.680. The second-order valence-corrected chi connectivity index (χ2v) is 4.18. The molecule has 0 aromatic carbocycles. The van der Waals surface area contributed by atoms with E-state index in [1.165, 1.54) is 7.11 Å². The molecule has 0 fully saturated rings. The Morgan fingerprint density at radius 3 is 2.12 bits per heavy atom. The fourth-order valence-electron chi connectivity index (χ4n) is 1.81. The third-order valence-electron chi connectivity index (χ3n) is 3.18. The number of carboxylic acid groups (broad SMARTS) is 1. The molecule has 1 atom stereocenters. The zero-order valence-electron chi connectivity index (χ0n) is 11.1. The van der Waals surface area contributed by atoms with Crippen molar-refractivity contribution in [3.63, 3.8) is 0 Å². The molecule has 0 aliphatic heterocycles. The van der Waals surface area contributed by atoms with Crippen LogP contribution in [0.2, 0.25) is 0 Å². The molecule has 0 spiro atoms. The first-order valence-corrected chi connectivity index (χ1v) is 6.01. The molecule has 0 saturated carbocycles. The van der Waals surface area contributed by atoms with Gasteiger partial charge < -0.3 is 15.2 Å². The van der Waals surface area contributed by atoms with Crippen molar-refractivity contribution in [3.05, 3.63) is 0 Å². The van der Waals surface area contributed by atoms with E-state index in [2.05, 4.69) is 5.32 Å². The summed E-state index contributed by atoms with van der Waals surface area (Å²) in [5.41, 5.74) is -0.672. The lowest BCUT2D eigenvalue weighted by Gasteiger charge is -2.32. The predicted octanol–water partition coefficient (Wildman–Crippen LogP) is 1.56. The van der Waals surface area contributed by atoms with E-state index in [0.717, 1.165) is 0 Å². The normalized spacial score (nSPS) is 13.2. The van der Waals surface area contributed by atoms with Crippen LogP contribution in [-0.2, 0) is 14.3 Å². The molecule has 1 amide bonds. The monoisotopic (exact) mass is 245 g/mol. The second kappa shape index (κ2) is 7.27. The first-order chi connectivity index (χ1) is 7.94. The van der Waals surface area contributed by atoms with Gasteiger partial charge in [-0.3, -0.25) is 9.59 Å². The number of ether oxygens (including phenoxy) is 1. The number of hydrogen-bond acceptors (Lipinski definition) is 3. The Hall–Kier alpha value is -1.10. The number of amides is 1. The summed E-state index contributed by atoms with van der Waals surface area (Å²) in [5.74, 6) is -1.14. The van der Waals surface area contributed by atoms with Crippen molar-refractivity contribution in [2.75, 3.05) is 7.11 Å². The first-order valence-electron chi connectivity index (χ1n) is 6.01. The summed E-state index contributed by atoms with van der Waals surface area (Å²) in [5, 5.41) is 11.7. The Balaban J connectivity index is 4.74. The molecule has 0 saturated heterocycles. The van der Waals surface area contributed by atoms with E-state index in [-0.39, 0.29) is 12.3 Å². The SMILES string of the molecule is CCC(OC)C(=O)NC(CC)(CC)CC(=O)O. The Morgan fingerprint density at radius 2 is 1.82 bits per heavy atom. The van der Waals surface area contributed by atoms with Gasteiger partial charge in [-0.1, -0.05) is 20.8 Å². The lowest BCUT2D eigenvalue weighted by Crippen LogP contribution is -2.52. The molecule has 0 aromatic rings. The molecule has 0 aliphatic carbocycles. The maximum Gasteiger partial charge on any atom is 0.305 e. The Bertz CT molecular complexity index is 257. The molecular weight excluding hydrogens is 222 g/mol. The number of carbonyl (C=O) groups excluding carboxylic acids is 1. The molecule has 2 N–H and O–H groups in total. The van der Waals surface area contributed by atoms with Gasteiger partial charge in [0.1, 0.15) is 6.10 Å². The average Bonchev–Trinajstić information content (AvgIpc) is 2.29. The molecule has 0 bridgehead atoms. The van der Waals surface area contributed by atoms with Crippen LogP contribution in [0.15, 0.2) is 0 Å². The van der Waals surface area contributed by atoms with Crippen molar-refractivity contribution in [2.45, 2.75) is 58.1 Å². The number of nitrogens with one attached hydrogen (secondary N) is 1. The van der Waals surface area contributed by atoms with Gasteiger partial charge in [-0.2, -0.15) is 0 Å². The summed E-state index contributed by atoms with van der Waals surface area (Å²) in [6, 6.07) is 0. The smallest absolute Gasteiger partial charge is 0.305 e. The predicted molar refractivity (Wildman–Crippen MR) is 64.8 cm³/mol. The number of rotatable bonds is 8. The number of hydrogen-bond donors (Lipinski definition) is 2. The Labute approximate surface area is 103 Å². The minimum atomic E-state index is -0.903. The minimum absolute atomic E-state index is 0.0636. The molecule has 0 aliphatic rings. The summed E-state index contributed by atoms with van der Waals surface area (Å²) in [6.45, 7) is 5.60. The van der Waals surface area contributed by atoms with Crippen LogP contribution in [-0.4, -0.2) is 35.7 Å². The van der Waals surface area contributed by atoms with E-state index in [9.17, 15) is 9.59 Å². The van der Waals surface area contributed by atoms with E-state index in [4.69, 9.17) is 9.84 Å². The van der Waals surface area contributed by atoms with Gasteiger partial charge in [-0.05, 0) is 19.3 Å². The summed E-state index contributed by atoms with van der Waals surface area (Å²) in [6.07, 6.45) is 1.16. The van der Waals surface area contributed by atoms with Gasteiger partial charge in [0.25, 0.3) is 0 Å². The lowest BCUT2D eigenvalue weighted by atomic mass is 9.88. The van der Waals surface area contributed by atoms with Gasteiger partial charge in [0, 0.05) is 7.11 Å². The molecule has 5 nitrogen and oxygen atoms in total. The van der Waals surface area contributed by atoms with E-state index in [0.29, 0.717) is 19.3 Å². The van der Waals surface area contributed by atoms with Crippen molar-refractivity contribution in [1.82, 2.24) is 5.32 Å². The zero-order valence-corrected chi connectivity index (χ0v) is 11.1. The van der Waals surface area contributed by atoms with E-state index in [1.54, 1.807) is 0 Å². The van der Waals surface area contributed by atoms with Crippen LogP contribution in [0.4, 0.5) is 0 Å². The Kier molecular flexibility index (Phi) is 6.80. The third-order valence-corrected chi connectivity index (χ3v) is 3.18. The topological polar surface area (TPSA) is 75.6 Å². The van der Waals surface area contributed by atoms with Crippen molar-refractivity contribution >= 4 is 11.9 Å². The third kappa shape index (κ3) is 4.73. The van der Waals surface area contributed by atoms with Gasteiger partial charge in [-0.25, -0.2) is 0 Å². The molecule has 0 radical (unpaired) electrons. The van der Waals surface area contributed by atoms with E-state index < -0.39 is 17.6 Å². The van der Waals surface area contributed by atoms with Crippen molar-refractivity contribution in [2.24, 2.45) is 0 Å². The van der Waals surface area contributed by atoms with Crippen LogP contribution in [0.25, 0.3) is 0 Å². The minimum Gasteiger partial charge on any atom is -0.481 e. The standard InChI is InChI=1S/C12H23NO4/c1-5-9(17-4)11(16)13-12(6-2,7-3)8-10(14)15/h9H,5-8H2,1-4H3,(H,13,16)(H,14,15). The first kappa shape index (κ1) is 15.9. The van der Waals surface area contributed by atoms with Crippen LogP contribution in [0.5, 0.6) is 0 Å². The summed E-state index contributed by atoms with van der Waals surface area (Å²) in [7, 11) is 1.48. The van der Waals surface area contributed by atoms with Crippen LogP contribution >= 0.6 is 0 Å². The maximum absolute atomic E-state index is 11.9. The highest BCUT2D eigenvalue weighted by atomic mass is 16.5.